The maximum Gasteiger partial charge on any atom is 0.291 e. The van der Waals surface area contributed by atoms with E-state index in [1.54, 1.807) is 30.3 Å². The number of nitrogens with one attached hydrogen (secondary N) is 2. The van der Waals surface area contributed by atoms with Crippen LogP contribution in [-0.2, 0) is 6.42 Å². The molecule has 3 rings (SSSR count). The van der Waals surface area contributed by atoms with Crippen molar-refractivity contribution in [2.45, 2.75) is 13.3 Å². The molecule has 0 fully saturated rings. The number of benzene rings is 2. The molecule has 0 unspecified atom stereocenters. The number of carbonyl (C=O) groups is 2. The Morgan fingerprint density at radius 3 is 2.52 bits per heavy atom. The lowest BCUT2D eigenvalue weighted by Gasteiger charge is -2.10. The van der Waals surface area contributed by atoms with E-state index in [0.717, 1.165) is 11.1 Å². The van der Waals surface area contributed by atoms with Crippen LogP contribution in [0.4, 0.5) is 5.69 Å². The lowest BCUT2D eigenvalue weighted by molar-refractivity contribution is 0.0952. The van der Waals surface area contributed by atoms with Crippen LogP contribution in [0.5, 0.6) is 0 Å². The van der Waals surface area contributed by atoms with Crippen LogP contribution in [0.15, 0.2) is 65.3 Å². The molecule has 5 nitrogen and oxygen atoms in total. The molecule has 0 spiro atoms. The van der Waals surface area contributed by atoms with Gasteiger partial charge in [0, 0.05) is 22.8 Å². The van der Waals surface area contributed by atoms with Crippen LogP contribution >= 0.6 is 11.6 Å². The zero-order valence-corrected chi connectivity index (χ0v) is 15.5. The predicted octanol–water partition coefficient (Wildman–Crippen LogP) is 4.47. The molecular formula is C21H19ClN2O3. The third-order valence-electron chi connectivity index (χ3n) is 4.11. The van der Waals surface area contributed by atoms with Gasteiger partial charge in [-0.1, -0.05) is 29.8 Å². The van der Waals surface area contributed by atoms with Gasteiger partial charge in [-0.3, -0.25) is 9.59 Å². The largest absolute Gasteiger partial charge is 0.459 e. The van der Waals surface area contributed by atoms with Crippen molar-refractivity contribution >= 4 is 29.1 Å². The zero-order valence-electron chi connectivity index (χ0n) is 14.8. The molecule has 0 bridgehead atoms. The van der Waals surface area contributed by atoms with Gasteiger partial charge in [0.15, 0.2) is 5.76 Å². The Kier molecular flexibility index (Phi) is 5.94. The molecule has 0 atom stereocenters. The summed E-state index contributed by atoms with van der Waals surface area (Å²) in [5.74, 6) is -0.340. The van der Waals surface area contributed by atoms with Gasteiger partial charge in [0.05, 0.1) is 6.26 Å². The minimum atomic E-state index is -0.358. The highest BCUT2D eigenvalue weighted by Gasteiger charge is 2.13. The number of rotatable bonds is 6. The number of hydrogen-bond acceptors (Lipinski definition) is 3. The second kappa shape index (κ2) is 8.56. The summed E-state index contributed by atoms with van der Waals surface area (Å²) in [6, 6.07) is 15.9. The fraction of sp³-hybridized carbons (Fsp3) is 0.143. The van der Waals surface area contributed by atoms with Crippen LogP contribution in [0.3, 0.4) is 0 Å². The van der Waals surface area contributed by atoms with Crippen LogP contribution in [0.25, 0.3) is 0 Å². The van der Waals surface area contributed by atoms with E-state index in [1.165, 1.54) is 6.26 Å². The summed E-state index contributed by atoms with van der Waals surface area (Å²) in [6.07, 6.45) is 2.14. The quantitative estimate of drug-likeness (QED) is 0.660. The number of furan rings is 1. The van der Waals surface area contributed by atoms with Crippen molar-refractivity contribution in [1.29, 1.82) is 0 Å². The van der Waals surface area contributed by atoms with Gasteiger partial charge in [-0.05, 0) is 60.9 Å². The maximum atomic E-state index is 12.4. The first-order chi connectivity index (χ1) is 13.0. The summed E-state index contributed by atoms with van der Waals surface area (Å²) >= 11 is 5.87. The summed E-state index contributed by atoms with van der Waals surface area (Å²) in [7, 11) is 0. The second-order valence-electron chi connectivity index (χ2n) is 6.09. The number of aryl methyl sites for hydroxylation is 1. The van der Waals surface area contributed by atoms with Gasteiger partial charge >= 0.3 is 0 Å². The van der Waals surface area contributed by atoms with Gasteiger partial charge in [-0.15, -0.1) is 0 Å². The number of hydrogen-bond donors (Lipinski definition) is 2. The maximum absolute atomic E-state index is 12.4. The minimum absolute atomic E-state index is 0.197. The number of carbonyl (C=O) groups excluding carboxylic acids is 2. The Hall–Kier alpha value is -3.05. The first-order valence-electron chi connectivity index (χ1n) is 8.51. The minimum Gasteiger partial charge on any atom is -0.459 e. The van der Waals surface area contributed by atoms with E-state index in [4.69, 9.17) is 16.0 Å². The average molecular weight is 383 g/mol. The molecule has 0 aliphatic carbocycles. The van der Waals surface area contributed by atoms with Crippen molar-refractivity contribution < 1.29 is 14.0 Å². The standard InChI is InChI=1S/C21H19ClN2O3/c1-14-4-7-16(13-18(14)24-21(26)19-3-2-12-27-19)20(25)23-11-10-15-5-8-17(22)9-6-15/h2-9,12-13H,10-11H2,1H3,(H,23,25)(H,24,26). The summed E-state index contributed by atoms with van der Waals surface area (Å²) in [4.78, 5) is 24.6. The molecule has 0 radical (unpaired) electrons. The summed E-state index contributed by atoms with van der Waals surface area (Å²) in [6.45, 7) is 2.36. The number of anilines is 1. The fourth-order valence-electron chi connectivity index (χ4n) is 2.56. The van der Waals surface area contributed by atoms with E-state index in [0.29, 0.717) is 29.2 Å². The number of halogens is 1. The van der Waals surface area contributed by atoms with Crippen LogP contribution in [-0.4, -0.2) is 18.4 Å². The Bertz CT molecular complexity index is 935. The SMILES string of the molecule is Cc1ccc(C(=O)NCCc2ccc(Cl)cc2)cc1NC(=O)c1ccco1. The highest BCUT2D eigenvalue weighted by atomic mass is 35.5. The Balaban J connectivity index is 1.61. The average Bonchev–Trinajstić information content (AvgIpc) is 3.20. The van der Waals surface area contributed by atoms with Crippen molar-refractivity contribution in [2.75, 3.05) is 11.9 Å². The molecule has 0 saturated carbocycles. The van der Waals surface area contributed by atoms with Crippen molar-refractivity contribution in [1.82, 2.24) is 5.32 Å². The molecule has 27 heavy (non-hydrogen) atoms. The topological polar surface area (TPSA) is 71.3 Å². The lowest BCUT2D eigenvalue weighted by atomic mass is 10.1. The molecule has 138 valence electrons. The summed E-state index contributed by atoms with van der Waals surface area (Å²) < 4.78 is 5.09. The van der Waals surface area contributed by atoms with Gasteiger partial charge in [0.1, 0.15) is 0 Å². The van der Waals surface area contributed by atoms with Crippen molar-refractivity contribution in [3.05, 3.63) is 88.3 Å². The first kappa shape index (κ1) is 18.7. The van der Waals surface area contributed by atoms with Crippen LogP contribution in [0, 0.1) is 6.92 Å². The normalized spacial score (nSPS) is 10.4. The molecule has 2 N–H and O–H groups in total. The predicted molar refractivity (Wildman–Crippen MR) is 105 cm³/mol. The molecule has 0 aliphatic heterocycles. The Morgan fingerprint density at radius 2 is 1.81 bits per heavy atom. The van der Waals surface area contributed by atoms with Crippen LogP contribution in [0.2, 0.25) is 5.02 Å². The Morgan fingerprint density at radius 1 is 1.04 bits per heavy atom. The smallest absolute Gasteiger partial charge is 0.291 e. The Labute approximate surface area is 162 Å². The molecule has 0 aliphatic rings. The van der Waals surface area contributed by atoms with E-state index in [-0.39, 0.29) is 17.6 Å². The molecule has 3 aromatic rings. The summed E-state index contributed by atoms with van der Waals surface area (Å²) in [5, 5.41) is 6.34. The summed E-state index contributed by atoms with van der Waals surface area (Å²) in [5.41, 5.74) is 3.00. The van der Waals surface area contributed by atoms with E-state index < -0.39 is 0 Å². The first-order valence-corrected chi connectivity index (χ1v) is 8.89. The van der Waals surface area contributed by atoms with Crippen molar-refractivity contribution in [3.63, 3.8) is 0 Å². The molecule has 1 aromatic heterocycles. The molecule has 1 heterocycles. The highest BCUT2D eigenvalue weighted by molar-refractivity contribution is 6.30. The van der Waals surface area contributed by atoms with Gasteiger partial charge in [0.25, 0.3) is 11.8 Å². The van der Waals surface area contributed by atoms with Crippen molar-refractivity contribution in [3.8, 4) is 0 Å². The highest BCUT2D eigenvalue weighted by Crippen LogP contribution is 2.18. The third-order valence-corrected chi connectivity index (χ3v) is 4.36. The van der Waals surface area contributed by atoms with E-state index >= 15 is 0 Å². The van der Waals surface area contributed by atoms with Gasteiger partial charge in [0.2, 0.25) is 0 Å². The van der Waals surface area contributed by atoms with E-state index in [9.17, 15) is 9.59 Å². The third kappa shape index (κ3) is 4.99. The zero-order chi connectivity index (χ0) is 19.2. The molecule has 6 heteroatoms. The molecular weight excluding hydrogens is 364 g/mol. The van der Waals surface area contributed by atoms with Crippen molar-refractivity contribution in [2.24, 2.45) is 0 Å². The van der Waals surface area contributed by atoms with E-state index in [2.05, 4.69) is 10.6 Å². The second-order valence-corrected chi connectivity index (χ2v) is 6.53. The van der Waals surface area contributed by atoms with E-state index in [1.807, 2.05) is 31.2 Å². The molecule has 2 amide bonds. The van der Waals surface area contributed by atoms with Crippen LogP contribution < -0.4 is 10.6 Å². The monoisotopic (exact) mass is 382 g/mol. The fourth-order valence-corrected chi connectivity index (χ4v) is 2.69. The molecule has 0 saturated heterocycles. The van der Waals surface area contributed by atoms with Crippen LogP contribution in [0.1, 0.15) is 32.0 Å². The molecule has 2 aromatic carbocycles. The van der Waals surface area contributed by atoms with Gasteiger partial charge < -0.3 is 15.1 Å². The van der Waals surface area contributed by atoms with Gasteiger partial charge in [-0.25, -0.2) is 0 Å². The van der Waals surface area contributed by atoms with Gasteiger partial charge in [-0.2, -0.15) is 0 Å². The number of amides is 2. The lowest BCUT2D eigenvalue weighted by Crippen LogP contribution is -2.26.